The van der Waals surface area contributed by atoms with Crippen LogP contribution in [0.1, 0.15) is 12.8 Å². The molecule has 1 aromatic rings. The molecule has 0 saturated heterocycles. The number of nitrogens with one attached hydrogen (secondary N) is 1. The maximum Gasteiger partial charge on any atom is 0.144 e. The molecule has 16 heavy (non-hydrogen) atoms. The van der Waals surface area contributed by atoms with E-state index < -0.39 is 0 Å². The van der Waals surface area contributed by atoms with Gasteiger partial charge in [-0.25, -0.2) is 4.39 Å². The van der Waals surface area contributed by atoms with Gasteiger partial charge in [0.2, 0.25) is 0 Å². The second kappa shape index (κ2) is 3.81. The molecule has 0 amide bonds. The summed E-state index contributed by atoms with van der Waals surface area (Å²) in [7, 11) is 0. The van der Waals surface area contributed by atoms with Crippen molar-refractivity contribution in [2.75, 3.05) is 29.9 Å². The third-order valence-electron chi connectivity index (χ3n) is 3.25. The number of benzene rings is 1. The van der Waals surface area contributed by atoms with Crippen molar-refractivity contribution in [3.63, 3.8) is 0 Å². The van der Waals surface area contributed by atoms with Crippen LogP contribution in [0.3, 0.4) is 0 Å². The van der Waals surface area contributed by atoms with Crippen LogP contribution in [0.25, 0.3) is 0 Å². The molecule has 1 aliphatic carbocycles. The Morgan fingerprint density at radius 2 is 2.25 bits per heavy atom. The Hall–Kier alpha value is -0.960. The molecule has 0 unspecified atom stereocenters. The highest BCUT2D eigenvalue weighted by Crippen LogP contribution is 2.37. The lowest BCUT2D eigenvalue weighted by Gasteiger charge is -2.32. The van der Waals surface area contributed by atoms with E-state index in [0.29, 0.717) is 0 Å². The topological polar surface area (TPSA) is 15.3 Å². The van der Waals surface area contributed by atoms with E-state index in [4.69, 9.17) is 11.6 Å². The van der Waals surface area contributed by atoms with E-state index in [-0.39, 0.29) is 10.8 Å². The van der Waals surface area contributed by atoms with Crippen molar-refractivity contribution in [3.05, 3.63) is 23.0 Å². The highest BCUT2D eigenvalue weighted by atomic mass is 35.5. The summed E-state index contributed by atoms with van der Waals surface area (Å²) in [5.41, 5.74) is 1.92. The minimum Gasteiger partial charge on any atom is -0.382 e. The monoisotopic (exact) mass is 240 g/mol. The number of nitrogens with zero attached hydrogens (tertiary/aromatic N) is 1. The molecule has 0 aromatic heterocycles. The molecule has 1 aliphatic heterocycles. The molecule has 86 valence electrons. The van der Waals surface area contributed by atoms with Crippen LogP contribution in [0.15, 0.2) is 12.1 Å². The van der Waals surface area contributed by atoms with Crippen molar-refractivity contribution < 1.29 is 4.39 Å². The van der Waals surface area contributed by atoms with Crippen LogP contribution in [0.5, 0.6) is 0 Å². The first-order valence-corrected chi connectivity index (χ1v) is 6.09. The highest BCUT2D eigenvalue weighted by molar-refractivity contribution is 6.31. The third-order valence-corrected chi connectivity index (χ3v) is 3.54. The van der Waals surface area contributed by atoms with Gasteiger partial charge in [-0.1, -0.05) is 11.6 Å². The van der Waals surface area contributed by atoms with Gasteiger partial charge in [-0.2, -0.15) is 0 Å². The number of rotatable bonds is 2. The molecule has 1 heterocycles. The molecule has 1 aromatic carbocycles. The van der Waals surface area contributed by atoms with E-state index in [0.717, 1.165) is 36.9 Å². The summed E-state index contributed by atoms with van der Waals surface area (Å²) < 4.78 is 13.4. The lowest BCUT2D eigenvalue weighted by atomic mass is 10.2. The van der Waals surface area contributed by atoms with E-state index >= 15 is 0 Å². The smallest absolute Gasteiger partial charge is 0.144 e. The van der Waals surface area contributed by atoms with Crippen molar-refractivity contribution in [2.45, 2.75) is 12.8 Å². The van der Waals surface area contributed by atoms with E-state index in [1.54, 1.807) is 12.1 Å². The first-order chi connectivity index (χ1) is 7.74. The van der Waals surface area contributed by atoms with Gasteiger partial charge in [-0.05, 0) is 24.8 Å². The van der Waals surface area contributed by atoms with Crippen LogP contribution in [0.2, 0.25) is 5.02 Å². The van der Waals surface area contributed by atoms with Crippen LogP contribution in [0.4, 0.5) is 15.8 Å². The molecule has 2 aliphatic rings. The maximum atomic E-state index is 13.4. The number of anilines is 2. The van der Waals surface area contributed by atoms with Crippen LogP contribution >= 0.6 is 11.6 Å². The maximum absolute atomic E-state index is 13.4. The molecule has 0 atom stereocenters. The zero-order valence-electron chi connectivity index (χ0n) is 8.97. The predicted octanol–water partition coefficient (Wildman–Crippen LogP) is 3.12. The fraction of sp³-hybridized carbons (Fsp3) is 0.500. The molecule has 0 spiro atoms. The summed E-state index contributed by atoms with van der Waals surface area (Å²) in [5.74, 6) is 0.481. The van der Waals surface area contributed by atoms with Gasteiger partial charge in [-0.15, -0.1) is 0 Å². The van der Waals surface area contributed by atoms with Crippen molar-refractivity contribution in [3.8, 4) is 0 Å². The fourth-order valence-electron chi connectivity index (χ4n) is 2.19. The minimum atomic E-state index is -0.329. The van der Waals surface area contributed by atoms with E-state index in [2.05, 4.69) is 10.2 Å². The Kier molecular flexibility index (Phi) is 2.43. The summed E-state index contributed by atoms with van der Waals surface area (Å²) in [5, 5.41) is 3.46. The second-order valence-electron chi connectivity index (χ2n) is 4.60. The zero-order valence-corrected chi connectivity index (χ0v) is 9.73. The number of hydrogen-bond acceptors (Lipinski definition) is 2. The highest BCUT2D eigenvalue weighted by Gasteiger charge is 2.27. The first kappa shape index (κ1) is 10.2. The number of halogens is 2. The summed E-state index contributed by atoms with van der Waals surface area (Å²) >= 11 is 5.78. The van der Waals surface area contributed by atoms with Crippen LogP contribution in [0, 0.1) is 11.7 Å². The van der Waals surface area contributed by atoms with Crippen molar-refractivity contribution in [2.24, 2.45) is 5.92 Å². The molecular formula is C12H14ClFN2. The fourth-order valence-corrected chi connectivity index (χ4v) is 2.35. The second-order valence-corrected chi connectivity index (χ2v) is 5.01. The average Bonchev–Trinajstić information content (AvgIpc) is 3.05. The molecule has 1 fully saturated rings. The molecule has 3 rings (SSSR count). The van der Waals surface area contributed by atoms with Crippen molar-refractivity contribution in [1.29, 1.82) is 0 Å². The Morgan fingerprint density at radius 3 is 3.00 bits per heavy atom. The molecule has 0 radical (unpaired) electrons. The van der Waals surface area contributed by atoms with Gasteiger partial charge in [0.1, 0.15) is 5.82 Å². The van der Waals surface area contributed by atoms with E-state index in [9.17, 15) is 4.39 Å². The Morgan fingerprint density at radius 1 is 1.44 bits per heavy atom. The van der Waals surface area contributed by atoms with Gasteiger partial charge in [0.25, 0.3) is 0 Å². The van der Waals surface area contributed by atoms with E-state index in [1.165, 1.54) is 12.8 Å². The molecule has 4 heteroatoms. The Bertz CT molecular complexity index is 418. The Balaban J connectivity index is 1.93. The molecule has 1 saturated carbocycles. The number of fused-ring (bicyclic) bond motifs is 1. The predicted molar refractivity (Wildman–Crippen MR) is 64.8 cm³/mol. The standard InChI is InChI=1S/C12H14ClFN2/c13-9-5-11-12(6-10(9)14)16(4-3-15-11)7-8-1-2-8/h5-6,8,15H,1-4,7H2. The first-order valence-electron chi connectivity index (χ1n) is 5.72. The normalized spacial score (nSPS) is 19.2. The molecule has 1 N–H and O–H groups in total. The lowest BCUT2D eigenvalue weighted by Crippen LogP contribution is -2.35. The SMILES string of the molecule is Fc1cc2c(cc1Cl)NCCN2CC1CC1. The van der Waals surface area contributed by atoms with Crippen molar-refractivity contribution in [1.82, 2.24) is 0 Å². The molecule has 2 nitrogen and oxygen atoms in total. The van der Waals surface area contributed by atoms with Gasteiger partial charge in [0, 0.05) is 25.7 Å². The zero-order chi connectivity index (χ0) is 11.1. The van der Waals surface area contributed by atoms with Crippen LogP contribution in [-0.2, 0) is 0 Å². The van der Waals surface area contributed by atoms with Crippen LogP contribution < -0.4 is 10.2 Å². The summed E-state index contributed by atoms with van der Waals surface area (Å²) in [6.45, 7) is 2.90. The van der Waals surface area contributed by atoms with Crippen molar-refractivity contribution >= 4 is 23.0 Å². The van der Waals surface area contributed by atoms with Gasteiger partial charge in [0.05, 0.1) is 16.4 Å². The summed E-state index contributed by atoms with van der Waals surface area (Å²) in [6, 6.07) is 3.23. The average molecular weight is 241 g/mol. The molecule has 0 bridgehead atoms. The van der Waals surface area contributed by atoms with Gasteiger partial charge >= 0.3 is 0 Å². The number of hydrogen-bond donors (Lipinski definition) is 1. The lowest BCUT2D eigenvalue weighted by molar-refractivity contribution is 0.624. The van der Waals surface area contributed by atoms with Gasteiger partial charge in [0.15, 0.2) is 0 Å². The summed E-state index contributed by atoms with van der Waals surface area (Å²) in [6.07, 6.45) is 2.63. The van der Waals surface area contributed by atoms with Gasteiger partial charge in [-0.3, -0.25) is 0 Å². The molecular weight excluding hydrogens is 227 g/mol. The Labute approximate surface area is 99.4 Å². The van der Waals surface area contributed by atoms with E-state index in [1.807, 2.05) is 0 Å². The largest absolute Gasteiger partial charge is 0.382 e. The third kappa shape index (κ3) is 1.84. The van der Waals surface area contributed by atoms with Gasteiger partial charge < -0.3 is 10.2 Å². The summed E-state index contributed by atoms with van der Waals surface area (Å²) in [4.78, 5) is 2.27. The quantitative estimate of drug-likeness (QED) is 0.855. The minimum absolute atomic E-state index is 0.194. The van der Waals surface area contributed by atoms with Crippen LogP contribution in [-0.4, -0.2) is 19.6 Å².